The molecule has 0 aromatic heterocycles. The van der Waals surface area contributed by atoms with E-state index in [0.717, 1.165) is 0 Å². The second kappa shape index (κ2) is 11.0. The van der Waals surface area contributed by atoms with Crippen molar-refractivity contribution in [2.75, 3.05) is 6.54 Å². The van der Waals surface area contributed by atoms with Crippen LogP contribution in [0.15, 0.2) is 0 Å². The zero-order valence-corrected chi connectivity index (χ0v) is 17.8. The van der Waals surface area contributed by atoms with Gasteiger partial charge >= 0.3 is 6.03 Å². The number of hydrogen-bond acceptors (Lipinski definition) is 4. The van der Waals surface area contributed by atoms with Crippen molar-refractivity contribution in [2.45, 2.75) is 73.8 Å². The van der Waals surface area contributed by atoms with Crippen LogP contribution in [0.2, 0.25) is 0 Å². The number of carbonyl (C=O) groups is 4. The number of ketones is 2. The molecular formula is C20H37N3O4. The van der Waals surface area contributed by atoms with Crippen molar-refractivity contribution in [3.05, 3.63) is 0 Å². The van der Waals surface area contributed by atoms with E-state index in [9.17, 15) is 19.2 Å². The maximum atomic E-state index is 12.9. The van der Waals surface area contributed by atoms with Gasteiger partial charge in [-0.1, -0.05) is 48.5 Å². The summed E-state index contributed by atoms with van der Waals surface area (Å²) < 4.78 is 0. The molecule has 7 heteroatoms. The molecule has 0 aliphatic heterocycles. The highest BCUT2D eigenvalue weighted by atomic mass is 16.2. The van der Waals surface area contributed by atoms with E-state index >= 15 is 0 Å². The molecule has 0 bridgehead atoms. The molecule has 0 aliphatic carbocycles. The molecule has 0 rings (SSSR count). The van der Waals surface area contributed by atoms with Gasteiger partial charge in [-0.25, -0.2) is 4.79 Å². The van der Waals surface area contributed by atoms with E-state index in [-0.39, 0.29) is 35.7 Å². The number of primary amides is 1. The molecule has 0 aromatic carbocycles. The van der Waals surface area contributed by atoms with Crippen molar-refractivity contribution >= 4 is 23.5 Å². The van der Waals surface area contributed by atoms with E-state index in [1.165, 1.54) is 0 Å². The summed E-state index contributed by atoms with van der Waals surface area (Å²) in [6.45, 7) is 13.1. The first-order chi connectivity index (χ1) is 12.3. The zero-order chi connectivity index (χ0) is 21.4. The van der Waals surface area contributed by atoms with Gasteiger partial charge in [0.25, 0.3) is 0 Å². The first kappa shape index (κ1) is 25.1. The minimum Gasteiger partial charge on any atom is -0.352 e. The quantitative estimate of drug-likeness (QED) is 0.475. The highest BCUT2D eigenvalue weighted by molar-refractivity contribution is 5.94. The molecule has 0 aliphatic rings. The van der Waals surface area contributed by atoms with Gasteiger partial charge < -0.3 is 16.4 Å². The van der Waals surface area contributed by atoms with Gasteiger partial charge in [-0.2, -0.15) is 0 Å². The third kappa shape index (κ3) is 9.54. The van der Waals surface area contributed by atoms with Gasteiger partial charge in [0, 0.05) is 30.2 Å². The number of Topliss-reactive ketones (excluding diaryl/α,β-unsaturated/α-hetero) is 2. The Labute approximate surface area is 163 Å². The van der Waals surface area contributed by atoms with Crippen LogP contribution in [0.5, 0.6) is 0 Å². The smallest absolute Gasteiger partial charge is 0.312 e. The molecule has 0 radical (unpaired) electrons. The molecule has 27 heavy (non-hydrogen) atoms. The molecule has 2 atom stereocenters. The maximum absolute atomic E-state index is 12.9. The van der Waals surface area contributed by atoms with Crippen molar-refractivity contribution in [3.63, 3.8) is 0 Å². The van der Waals surface area contributed by atoms with Crippen LogP contribution in [0.3, 0.4) is 0 Å². The van der Waals surface area contributed by atoms with E-state index in [1.54, 1.807) is 13.8 Å². The number of carbonyl (C=O) groups excluding carboxylic acids is 4. The average Bonchev–Trinajstić information content (AvgIpc) is 2.52. The summed E-state index contributed by atoms with van der Waals surface area (Å²) in [6, 6.07) is -1.22. The molecule has 156 valence electrons. The predicted molar refractivity (Wildman–Crippen MR) is 106 cm³/mol. The number of nitrogens with two attached hydrogens (primary N) is 1. The van der Waals surface area contributed by atoms with Crippen LogP contribution >= 0.6 is 0 Å². The molecule has 0 fully saturated rings. The molecule has 4 N–H and O–H groups in total. The van der Waals surface area contributed by atoms with Gasteiger partial charge in [0.2, 0.25) is 5.91 Å². The highest BCUT2D eigenvalue weighted by Crippen LogP contribution is 2.26. The third-order valence-electron chi connectivity index (χ3n) is 4.42. The lowest BCUT2D eigenvalue weighted by Gasteiger charge is -2.27. The summed E-state index contributed by atoms with van der Waals surface area (Å²) in [5.74, 6) is -1.04. The van der Waals surface area contributed by atoms with Gasteiger partial charge in [-0.05, 0) is 18.8 Å². The first-order valence-corrected chi connectivity index (χ1v) is 9.68. The van der Waals surface area contributed by atoms with Gasteiger partial charge in [0.05, 0.1) is 6.04 Å². The second-order valence-electron chi connectivity index (χ2n) is 8.80. The van der Waals surface area contributed by atoms with Crippen molar-refractivity contribution in [2.24, 2.45) is 28.9 Å². The Morgan fingerprint density at radius 2 is 1.56 bits per heavy atom. The van der Waals surface area contributed by atoms with Crippen LogP contribution in [0.1, 0.15) is 67.7 Å². The largest absolute Gasteiger partial charge is 0.352 e. The van der Waals surface area contributed by atoms with Crippen LogP contribution in [-0.2, 0) is 14.4 Å². The first-order valence-electron chi connectivity index (χ1n) is 9.68. The molecule has 0 saturated carbocycles. The van der Waals surface area contributed by atoms with E-state index in [4.69, 9.17) is 5.73 Å². The van der Waals surface area contributed by atoms with Crippen LogP contribution in [-0.4, -0.2) is 36.1 Å². The Bertz CT molecular complexity index is 536. The van der Waals surface area contributed by atoms with E-state index < -0.39 is 23.4 Å². The lowest BCUT2D eigenvalue weighted by Crippen LogP contribution is -2.47. The fraction of sp³-hybridized carbons (Fsp3) is 0.800. The maximum Gasteiger partial charge on any atom is 0.312 e. The Hall–Kier alpha value is -1.92. The summed E-state index contributed by atoms with van der Waals surface area (Å²) >= 11 is 0. The minimum atomic E-state index is -0.612. The van der Waals surface area contributed by atoms with E-state index in [2.05, 4.69) is 10.6 Å². The van der Waals surface area contributed by atoms with Crippen LogP contribution in [0, 0.1) is 23.2 Å². The summed E-state index contributed by atoms with van der Waals surface area (Å²) in [7, 11) is 0. The Morgan fingerprint density at radius 1 is 1.00 bits per heavy atom. The summed E-state index contributed by atoms with van der Waals surface area (Å²) in [5.41, 5.74) is 4.48. The van der Waals surface area contributed by atoms with Gasteiger partial charge in [0.15, 0.2) is 5.78 Å². The molecule has 0 aromatic rings. The molecule has 3 amide bonds. The summed E-state index contributed by atoms with van der Waals surface area (Å²) in [4.78, 5) is 48.5. The molecule has 0 saturated heterocycles. The SMILES string of the molecule is CC(C)C(=O)N[C@H](C(=O)C[C@@H](CCCNC(N)=O)C(=O)C(C)(C)C)C(C)C. The van der Waals surface area contributed by atoms with Gasteiger partial charge in [-0.15, -0.1) is 0 Å². The number of amides is 3. The number of urea groups is 1. The summed E-state index contributed by atoms with van der Waals surface area (Å²) in [5, 5.41) is 5.30. The normalized spacial score (nSPS) is 14.0. The zero-order valence-electron chi connectivity index (χ0n) is 17.8. The van der Waals surface area contributed by atoms with Crippen molar-refractivity contribution in [3.8, 4) is 0 Å². The topological polar surface area (TPSA) is 118 Å². The minimum absolute atomic E-state index is 0.00705. The monoisotopic (exact) mass is 383 g/mol. The van der Waals surface area contributed by atoms with Crippen molar-refractivity contribution in [1.82, 2.24) is 10.6 Å². The van der Waals surface area contributed by atoms with Crippen molar-refractivity contribution in [1.29, 1.82) is 0 Å². The third-order valence-corrected chi connectivity index (χ3v) is 4.42. The molecule has 0 heterocycles. The van der Waals surface area contributed by atoms with Crippen LogP contribution < -0.4 is 16.4 Å². The average molecular weight is 384 g/mol. The summed E-state index contributed by atoms with van der Waals surface area (Å²) in [6.07, 6.45) is 1.10. The van der Waals surface area contributed by atoms with E-state index in [1.807, 2.05) is 34.6 Å². The number of hydrogen-bond donors (Lipinski definition) is 3. The Morgan fingerprint density at radius 3 is 1.96 bits per heavy atom. The molecule has 0 spiro atoms. The second-order valence-corrected chi connectivity index (χ2v) is 8.80. The standard InChI is InChI=1S/C20H37N3O4/c1-12(2)16(23-18(26)13(3)4)15(24)11-14(17(25)20(5,6)7)9-8-10-22-19(21)27/h12-14,16H,8-11H2,1-7H3,(H,23,26)(H3,21,22,27)/t14-,16+/m1/s1. The fourth-order valence-corrected chi connectivity index (χ4v) is 2.81. The van der Waals surface area contributed by atoms with Crippen LogP contribution in [0.4, 0.5) is 4.79 Å². The molecule has 7 nitrogen and oxygen atoms in total. The molecule has 0 unspecified atom stereocenters. The van der Waals surface area contributed by atoms with Gasteiger partial charge in [-0.3, -0.25) is 14.4 Å². The lowest BCUT2D eigenvalue weighted by atomic mass is 9.78. The predicted octanol–water partition coefficient (Wildman–Crippen LogP) is 2.42. The van der Waals surface area contributed by atoms with Crippen molar-refractivity contribution < 1.29 is 19.2 Å². The highest BCUT2D eigenvalue weighted by Gasteiger charge is 2.34. The van der Waals surface area contributed by atoms with Gasteiger partial charge in [0.1, 0.15) is 5.78 Å². The Balaban J connectivity index is 5.18. The number of rotatable bonds is 11. The number of nitrogens with one attached hydrogen (secondary N) is 2. The molecular weight excluding hydrogens is 346 g/mol. The van der Waals surface area contributed by atoms with Crippen LogP contribution in [0.25, 0.3) is 0 Å². The van der Waals surface area contributed by atoms with E-state index in [0.29, 0.717) is 19.4 Å². The Kier molecular flexibility index (Phi) is 10.3. The fourth-order valence-electron chi connectivity index (χ4n) is 2.81. The lowest BCUT2D eigenvalue weighted by molar-refractivity contribution is -0.135.